The van der Waals surface area contributed by atoms with Gasteiger partial charge in [-0.15, -0.1) is 0 Å². The Hall–Kier alpha value is -7.92. The number of benzene rings is 2. The van der Waals surface area contributed by atoms with E-state index in [-0.39, 0.29) is 25.4 Å². The van der Waals surface area contributed by atoms with Crippen molar-refractivity contribution < 1.29 is 72.1 Å². The third-order valence-corrected chi connectivity index (χ3v) is 10.6. The number of nitrogens with two attached hydrogens (primary N) is 1. The van der Waals surface area contributed by atoms with Crippen molar-refractivity contribution in [2.75, 3.05) is 19.6 Å². The van der Waals surface area contributed by atoms with Crippen LogP contribution in [0.5, 0.6) is 0 Å². The summed E-state index contributed by atoms with van der Waals surface area (Å²) in [5.74, 6) is -15.1. The van der Waals surface area contributed by atoms with Gasteiger partial charge in [-0.05, 0) is 36.3 Å². The molecular formula is C47H63N9O15. The fraction of sp³-hybridized carbons (Fsp3) is 0.489. The summed E-state index contributed by atoms with van der Waals surface area (Å²) in [4.78, 5) is 159. The van der Waals surface area contributed by atoms with Gasteiger partial charge in [0.2, 0.25) is 53.2 Å². The van der Waals surface area contributed by atoms with Crippen LogP contribution in [0.2, 0.25) is 0 Å². The van der Waals surface area contributed by atoms with Gasteiger partial charge in [-0.2, -0.15) is 0 Å². The van der Waals surface area contributed by atoms with Crippen LogP contribution in [-0.4, -0.2) is 132 Å². The van der Waals surface area contributed by atoms with E-state index in [1.165, 1.54) is 6.92 Å². The first-order valence-electron chi connectivity index (χ1n) is 22.8. The molecule has 11 N–H and O–H groups in total. The molecule has 0 aromatic heterocycles. The average Bonchev–Trinajstić information content (AvgIpc) is 3.31. The first-order valence-corrected chi connectivity index (χ1v) is 22.8. The van der Waals surface area contributed by atoms with Gasteiger partial charge in [0.15, 0.2) is 5.92 Å². The van der Waals surface area contributed by atoms with Gasteiger partial charge in [-0.3, -0.25) is 57.5 Å². The van der Waals surface area contributed by atoms with E-state index in [1.54, 1.807) is 88.4 Å². The fourth-order valence-corrected chi connectivity index (χ4v) is 6.93. The zero-order valence-electron chi connectivity index (χ0n) is 40.1. The molecule has 386 valence electrons. The topological polar surface area (TPSA) is 366 Å². The van der Waals surface area contributed by atoms with Crippen LogP contribution < -0.4 is 48.3 Å². The van der Waals surface area contributed by atoms with Crippen molar-refractivity contribution >= 4 is 71.1 Å². The summed E-state index contributed by atoms with van der Waals surface area (Å²) in [6, 6.07) is 8.65. The molecule has 2 aromatic carbocycles. The summed E-state index contributed by atoms with van der Waals surface area (Å²) in [7, 11) is 0. The van der Waals surface area contributed by atoms with Gasteiger partial charge in [0.1, 0.15) is 42.9 Å². The number of nitrogens with one attached hydrogen (secondary N) is 8. The molecule has 1 saturated heterocycles. The normalized spacial score (nSPS) is 19.6. The maximum atomic E-state index is 14.4. The Balaban J connectivity index is 2.10. The van der Waals surface area contributed by atoms with E-state index in [2.05, 4.69) is 42.5 Å². The highest BCUT2D eigenvalue weighted by Crippen LogP contribution is 2.16. The number of carboxylic acid groups (broad SMARTS) is 1. The van der Waals surface area contributed by atoms with Crippen LogP contribution in [0.3, 0.4) is 0 Å². The largest absolute Gasteiger partial charge is 0.481 e. The van der Waals surface area contributed by atoms with E-state index in [0.29, 0.717) is 11.1 Å². The van der Waals surface area contributed by atoms with Gasteiger partial charge in [-0.1, -0.05) is 88.4 Å². The zero-order valence-corrected chi connectivity index (χ0v) is 40.1. The zero-order chi connectivity index (χ0) is 52.8. The van der Waals surface area contributed by atoms with Gasteiger partial charge in [0, 0.05) is 19.4 Å². The quantitative estimate of drug-likeness (QED) is 0.0467. The van der Waals surface area contributed by atoms with Crippen molar-refractivity contribution in [3.8, 4) is 0 Å². The Kier molecular flexibility index (Phi) is 23.1. The number of aliphatic carboxylic acids is 1. The summed E-state index contributed by atoms with van der Waals surface area (Å²) in [5.41, 5.74) is 6.09. The number of carbonyl (C=O) groups is 12. The van der Waals surface area contributed by atoms with Crippen molar-refractivity contribution in [3.05, 3.63) is 71.8 Å². The van der Waals surface area contributed by atoms with Crippen molar-refractivity contribution in [2.24, 2.45) is 23.5 Å². The lowest BCUT2D eigenvalue weighted by molar-refractivity contribution is -0.165. The Morgan fingerprint density at radius 1 is 0.775 bits per heavy atom. The molecule has 71 heavy (non-hydrogen) atoms. The predicted molar refractivity (Wildman–Crippen MR) is 249 cm³/mol. The van der Waals surface area contributed by atoms with E-state index in [9.17, 15) is 57.5 Å². The van der Waals surface area contributed by atoms with E-state index >= 15 is 0 Å². The molecule has 9 amide bonds. The van der Waals surface area contributed by atoms with Gasteiger partial charge < -0.3 is 62.8 Å². The molecule has 1 aliphatic heterocycles. The number of hydrogen-bond acceptors (Lipinski definition) is 14. The monoisotopic (exact) mass is 993 g/mol. The molecule has 0 bridgehead atoms. The molecule has 1 aliphatic rings. The molecule has 3 unspecified atom stereocenters. The molecule has 1 fully saturated rings. The van der Waals surface area contributed by atoms with E-state index in [0.717, 1.165) is 0 Å². The van der Waals surface area contributed by atoms with Crippen LogP contribution in [0.25, 0.3) is 0 Å². The molecule has 1 heterocycles. The highest BCUT2D eigenvalue weighted by Gasteiger charge is 2.40. The van der Waals surface area contributed by atoms with Crippen LogP contribution in [0.1, 0.15) is 71.4 Å². The SMILES string of the molecule is CC(C)C[C@H](NC(=O)C1CNC(=O)[C@@H](C(=O)OCc2ccccc2)[C@@H](C)OC(=O)CC(NC(=O)[C@@H](NC(=O)CCC(=O)O)C(C)C)C(=O)NC(Cc2ccccc2)C(=O)N1)C(=O)NCC(=O)NCC(N)=O. The average molecular weight is 994 g/mol. The van der Waals surface area contributed by atoms with Crippen LogP contribution in [0.4, 0.5) is 0 Å². The molecule has 0 radical (unpaired) electrons. The molecule has 0 spiro atoms. The summed E-state index contributed by atoms with van der Waals surface area (Å²) in [6.45, 7) is 5.56. The lowest BCUT2D eigenvalue weighted by Gasteiger charge is -2.28. The second-order valence-corrected chi connectivity index (χ2v) is 17.4. The van der Waals surface area contributed by atoms with E-state index in [4.69, 9.17) is 20.3 Å². The lowest BCUT2D eigenvalue weighted by atomic mass is 10.0. The molecule has 0 aliphatic carbocycles. The summed E-state index contributed by atoms with van der Waals surface area (Å²) >= 11 is 0. The predicted octanol–water partition coefficient (Wildman–Crippen LogP) is -2.25. The Bertz CT molecular complexity index is 2240. The van der Waals surface area contributed by atoms with Crippen molar-refractivity contribution in [1.29, 1.82) is 0 Å². The Morgan fingerprint density at radius 3 is 2.00 bits per heavy atom. The number of primary amides is 1. The van der Waals surface area contributed by atoms with Gasteiger partial charge in [-0.25, -0.2) is 0 Å². The second kappa shape index (κ2) is 28.5. The van der Waals surface area contributed by atoms with Gasteiger partial charge in [0.25, 0.3) is 0 Å². The number of carbonyl (C=O) groups excluding carboxylic acids is 11. The van der Waals surface area contributed by atoms with Crippen LogP contribution in [0.15, 0.2) is 60.7 Å². The summed E-state index contributed by atoms with van der Waals surface area (Å²) in [5, 5.41) is 28.5. The molecule has 7 atom stereocenters. The number of cyclic esters (lactones) is 1. The maximum absolute atomic E-state index is 14.4. The molecule has 2 aromatic rings. The van der Waals surface area contributed by atoms with Crippen molar-refractivity contribution in [1.82, 2.24) is 42.5 Å². The second-order valence-electron chi connectivity index (χ2n) is 17.4. The number of esters is 2. The minimum Gasteiger partial charge on any atom is -0.481 e. The minimum absolute atomic E-state index is 0.00477. The Morgan fingerprint density at radius 2 is 1.41 bits per heavy atom. The maximum Gasteiger partial charge on any atom is 0.322 e. The smallest absolute Gasteiger partial charge is 0.322 e. The minimum atomic E-state index is -1.94. The third kappa shape index (κ3) is 20.3. The molecule has 24 heteroatoms. The van der Waals surface area contributed by atoms with Crippen LogP contribution in [0, 0.1) is 17.8 Å². The van der Waals surface area contributed by atoms with Crippen molar-refractivity contribution in [2.45, 2.75) is 110 Å². The highest BCUT2D eigenvalue weighted by atomic mass is 16.6. The van der Waals surface area contributed by atoms with E-state index in [1.807, 2.05) is 0 Å². The summed E-state index contributed by atoms with van der Waals surface area (Å²) in [6.07, 6.45) is -3.88. The van der Waals surface area contributed by atoms with Crippen LogP contribution in [-0.2, 0) is 80.0 Å². The number of rotatable bonds is 21. The number of carboxylic acids is 1. The molecular weight excluding hydrogens is 931 g/mol. The molecule has 0 saturated carbocycles. The van der Waals surface area contributed by atoms with Gasteiger partial charge in [0.05, 0.1) is 25.9 Å². The van der Waals surface area contributed by atoms with Crippen molar-refractivity contribution in [3.63, 3.8) is 0 Å². The number of amides is 9. The number of hydrogen-bond donors (Lipinski definition) is 10. The molecule has 24 nitrogen and oxygen atoms in total. The third-order valence-electron chi connectivity index (χ3n) is 10.6. The number of ether oxygens (including phenoxy) is 2. The fourth-order valence-electron chi connectivity index (χ4n) is 6.93. The molecule has 3 rings (SSSR count). The van der Waals surface area contributed by atoms with Gasteiger partial charge >= 0.3 is 17.9 Å². The first-order chi connectivity index (χ1) is 33.5. The van der Waals surface area contributed by atoms with E-state index < -0.39 is 158 Å². The standard InChI is InChI=1S/C47H63N9O15/c1-25(2)18-30(41(63)51-23-36(59)49-22-34(48)57)52-44(66)33-21-50-45(67)39(47(69)70-24-29-14-10-7-11-15-29)27(5)71-38(62)20-32(54-46(68)40(26(3)4)56-35(58)16-17-37(60)61)43(65)53-31(42(64)55-33)19-28-12-8-6-9-13-28/h6-15,25-27,30-33,39-40H,16-24H2,1-5H3,(H2,48,57)(H,49,59)(H,50,67)(H,51,63)(H,52,66)(H,53,65)(H,54,68)(H,55,64)(H,56,58)(H,60,61)/t27-,30+,31?,32?,33?,39+,40+/m1/s1. The first kappa shape index (κ1) is 57.4. The lowest BCUT2D eigenvalue weighted by Crippen LogP contribution is -2.62. The Labute approximate surface area is 409 Å². The summed E-state index contributed by atoms with van der Waals surface area (Å²) < 4.78 is 11.0. The highest BCUT2D eigenvalue weighted by molar-refractivity contribution is 6.01. The van der Waals surface area contributed by atoms with Crippen LogP contribution >= 0.6 is 0 Å².